The van der Waals surface area contributed by atoms with Crippen molar-refractivity contribution in [2.24, 2.45) is 0 Å². The number of allylic oxidation sites excluding steroid dienone is 2. The molecule has 0 heterocycles. The van der Waals surface area contributed by atoms with Crippen LogP contribution in [-0.4, -0.2) is 11.1 Å². The quantitative estimate of drug-likeness (QED) is 0.278. The van der Waals surface area contributed by atoms with Gasteiger partial charge in [0.15, 0.2) is 0 Å². The van der Waals surface area contributed by atoms with Crippen molar-refractivity contribution in [3.8, 4) is 0 Å². The van der Waals surface area contributed by atoms with Crippen molar-refractivity contribution in [1.29, 1.82) is 0 Å². The van der Waals surface area contributed by atoms with Crippen LogP contribution in [0.4, 0.5) is 0 Å². The van der Waals surface area contributed by atoms with E-state index in [1.165, 1.54) is 0 Å². The molecule has 0 radical (unpaired) electrons. The molecule has 0 saturated carbocycles. The Labute approximate surface area is 73.4 Å². The van der Waals surface area contributed by atoms with Crippen LogP contribution in [0.2, 0.25) is 0 Å². The second-order valence-corrected chi connectivity index (χ2v) is 2.69. The molecule has 3 nitrogen and oxygen atoms in total. The smallest absolute Gasteiger partial charge is 0.243 e. The first kappa shape index (κ1) is 11.2. The van der Waals surface area contributed by atoms with Gasteiger partial charge < -0.3 is 0 Å². The first-order valence-corrected chi connectivity index (χ1v) is 4.39. The number of nitrogens with one attached hydrogen (secondary N) is 1. The lowest BCUT2D eigenvalue weighted by molar-refractivity contribution is -0.129. The molecule has 0 aromatic heterocycles. The highest BCUT2D eigenvalue weighted by atomic mass is 16.5. The number of carbonyl (C=O) groups is 1. The maximum Gasteiger partial charge on any atom is 0.243 e. The average Bonchev–Trinajstić information content (AvgIpc) is 2.10. The van der Waals surface area contributed by atoms with Crippen molar-refractivity contribution in [2.45, 2.75) is 39.0 Å². The van der Waals surface area contributed by atoms with Gasteiger partial charge in [0, 0.05) is 6.42 Å². The average molecular weight is 171 g/mol. The standard InChI is InChI=1S/C9H17NO2/c1-2-3-4-5-6-7-8-9(11)10-12/h4-5,12H,2-3,6-8H2,1H3,(H,10,11). The molecule has 1 amide bonds. The summed E-state index contributed by atoms with van der Waals surface area (Å²) in [5, 5.41) is 8.16. The molecule has 0 aliphatic rings. The SMILES string of the molecule is CCCC=CCCCC(=O)NO. The van der Waals surface area contributed by atoms with E-state index in [1.54, 1.807) is 5.48 Å². The maximum atomic E-state index is 10.5. The van der Waals surface area contributed by atoms with Gasteiger partial charge in [0.05, 0.1) is 0 Å². The zero-order valence-electron chi connectivity index (χ0n) is 7.55. The van der Waals surface area contributed by atoms with Crippen molar-refractivity contribution in [1.82, 2.24) is 5.48 Å². The van der Waals surface area contributed by atoms with Crippen LogP contribution in [0.15, 0.2) is 12.2 Å². The molecular formula is C9H17NO2. The molecule has 0 saturated heterocycles. The predicted octanol–water partition coefficient (Wildman–Crippen LogP) is 2.02. The van der Waals surface area contributed by atoms with E-state index in [0.717, 1.165) is 25.7 Å². The summed E-state index contributed by atoms with van der Waals surface area (Å²) in [5.74, 6) is -0.307. The second kappa shape index (κ2) is 8.27. The fourth-order valence-corrected chi connectivity index (χ4v) is 0.839. The highest BCUT2D eigenvalue weighted by molar-refractivity contribution is 5.74. The molecular weight excluding hydrogens is 154 g/mol. The van der Waals surface area contributed by atoms with E-state index in [-0.39, 0.29) is 5.91 Å². The topological polar surface area (TPSA) is 49.3 Å². The monoisotopic (exact) mass is 171 g/mol. The second-order valence-electron chi connectivity index (χ2n) is 2.69. The molecule has 12 heavy (non-hydrogen) atoms. The summed E-state index contributed by atoms with van der Waals surface area (Å²) in [5.41, 5.74) is 1.60. The predicted molar refractivity (Wildman–Crippen MR) is 47.8 cm³/mol. The summed E-state index contributed by atoms with van der Waals surface area (Å²) in [6.45, 7) is 2.13. The van der Waals surface area contributed by atoms with Gasteiger partial charge in [-0.1, -0.05) is 25.5 Å². The van der Waals surface area contributed by atoms with E-state index in [1.807, 2.05) is 0 Å². The molecule has 0 rings (SSSR count). The van der Waals surface area contributed by atoms with Gasteiger partial charge in [-0.15, -0.1) is 0 Å². The zero-order chi connectivity index (χ0) is 9.23. The largest absolute Gasteiger partial charge is 0.289 e. The van der Waals surface area contributed by atoms with Crippen molar-refractivity contribution >= 4 is 5.91 Å². The Morgan fingerprint density at radius 1 is 1.42 bits per heavy atom. The summed E-state index contributed by atoms with van der Waals surface area (Å²) in [4.78, 5) is 10.5. The molecule has 0 aliphatic carbocycles. The molecule has 0 aliphatic heterocycles. The minimum Gasteiger partial charge on any atom is -0.289 e. The van der Waals surface area contributed by atoms with Crippen LogP contribution < -0.4 is 5.48 Å². The van der Waals surface area contributed by atoms with Crippen LogP contribution in [0.25, 0.3) is 0 Å². The Hall–Kier alpha value is -0.830. The summed E-state index contributed by atoms with van der Waals surface area (Å²) < 4.78 is 0. The van der Waals surface area contributed by atoms with Gasteiger partial charge in [-0.2, -0.15) is 0 Å². The minimum absolute atomic E-state index is 0.307. The van der Waals surface area contributed by atoms with Crippen LogP contribution in [0.3, 0.4) is 0 Å². The Morgan fingerprint density at radius 3 is 2.67 bits per heavy atom. The van der Waals surface area contributed by atoms with Gasteiger partial charge in [-0.3, -0.25) is 10.0 Å². The van der Waals surface area contributed by atoms with Crippen molar-refractivity contribution in [2.75, 3.05) is 0 Å². The van der Waals surface area contributed by atoms with Crippen LogP contribution in [-0.2, 0) is 4.79 Å². The highest BCUT2D eigenvalue weighted by Crippen LogP contribution is 1.98. The number of hydroxylamine groups is 1. The molecule has 70 valence electrons. The molecule has 0 atom stereocenters. The highest BCUT2D eigenvalue weighted by Gasteiger charge is 1.95. The normalized spacial score (nSPS) is 10.5. The van der Waals surface area contributed by atoms with Crippen LogP contribution >= 0.6 is 0 Å². The summed E-state index contributed by atoms with van der Waals surface area (Å²) in [7, 11) is 0. The summed E-state index contributed by atoms with van der Waals surface area (Å²) in [6, 6.07) is 0. The fourth-order valence-electron chi connectivity index (χ4n) is 0.839. The van der Waals surface area contributed by atoms with Gasteiger partial charge in [-0.25, -0.2) is 5.48 Å². The lowest BCUT2D eigenvalue weighted by Crippen LogP contribution is -2.17. The van der Waals surface area contributed by atoms with Gasteiger partial charge in [0.1, 0.15) is 0 Å². The zero-order valence-corrected chi connectivity index (χ0v) is 7.55. The van der Waals surface area contributed by atoms with Crippen LogP contribution in [0, 0.1) is 0 Å². The number of hydrogen-bond donors (Lipinski definition) is 2. The molecule has 0 bridgehead atoms. The van der Waals surface area contributed by atoms with E-state index >= 15 is 0 Å². The van der Waals surface area contributed by atoms with Crippen molar-refractivity contribution < 1.29 is 10.0 Å². The first-order valence-electron chi connectivity index (χ1n) is 4.39. The maximum absolute atomic E-state index is 10.5. The van der Waals surface area contributed by atoms with Crippen molar-refractivity contribution in [3.63, 3.8) is 0 Å². The number of hydrogen-bond acceptors (Lipinski definition) is 2. The van der Waals surface area contributed by atoms with Crippen molar-refractivity contribution in [3.05, 3.63) is 12.2 Å². The van der Waals surface area contributed by atoms with E-state index in [0.29, 0.717) is 6.42 Å². The Bertz CT molecular complexity index is 143. The van der Waals surface area contributed by atoms with Gasteiger partial charge in [0.2, 0.25) is 5.91 Å². The molecule has 2 N–H and O–H groups in total. The third kappa shape index (κ3) is 7.28. The van der Waals surface area contributed by atoms with Crippen LogP contribution in [0.1, 0.15) is 39.0 Å². The fraction of sp³-hybridized carbons (Fsp3) is 0.667. The number of rotatable bonds is 6. The number of unbranched alkanes of at least 4 members (excludes halogenated alkanes) is 2. The molecule has 0 aromatic carbocycles. The van der Waals surface area contributed by atoms with Crippen LogP contribution in [0.5, 0.6) is 0 Å². The Balaban J connectivity index is 3.15. The third-order valence-corrected chi connectivity index (χ3v) is 1.52. The lowest BCUT2D eigenvalue weighted by atomic mass is 10.2. The molecule has 0 unspecified atom stereocenters. The Morgan fingerprint density at radius 2 is 2.08 bits per heavy atom. The summed E-state index contributed by atoms with van der Waals surface area (Å²) >= 11 is 0. The molecule has 3 heteroatoms. The van der Waals surface area contributed by atoms with E-state index in [9.17, 15) is 4.79 Å². The van der Waals surface area contributed by atoms with Gasteiger partial charge >= 0.3 is 0 Å². The van der Waals surface area contributed by atoms with E-state index < -0.39 is 0 Å². The van der Waals surface area contributed by atoms with Gasteiger partial charge in [-0.05, 0) is 19.3 Å². The third-order valence-electron chi connectivity index (χ3n) is 1.52. The molecule has 0 aromatic rings. The number of amides is 1. The van der Waals surface area contributed by atoms with Gasteiger partial charge in [0.25, 0.3) is 0 Å². The first-order chi connectivity index (χ1) is 5.81. The van der Waals surface area contributed by atoms with E-state index in [2.05, 4.69) is 19.1 Å². The molecule has 0 spiro atoms. The number of carbonyl (C=O) groups excluding carboxylic acids is 1. The van der Waals surface area contributed by atoms with E-state index in [4.69, 9.17) is 5.21 Å². The Kier molecular flexibility index (Phi) is 7.70. The minimum atomic E-state index is -0.307. The lowest BCUT2D eigenvalue weighted by Gasteiger charge is -1.94. The summed E-state index contributed by atoms with van der Waals surface area (Å²) in [6.07, 6.45) is 8.57. The molecule has 0 fully saturated rings.